The highest BCUT2D eigenvalue weighted by Gasteiger charge is 2.33. The van der Waals surface area contributed by atoms with Gasteiger partial charge in [0.05, 0.1) is 23.1 Å². The fourth-order valence-corrected chi connectivity index (χ4v) is 4.95. The Labute approximate surface area is 170 Å². The lowest BCUT2D eigenvalue weighted by Gasteiger charge is -2.31. The zero-order valence-corrected chi connectivity index (χ0v) is 17.6. The molecule has 1 amide bonds. The van der Waals surface area contributed by atoms with Gasteiger partial charge in [-0.1, -0.05) is 18.5 Å². The molecular weight excluding hydrogens is 400 g/mol. The van der Waals surface area contributed by atoms with Crippen molar-refractivity contribution in [3.8, 4) is 0 Å². The number of nitrogens with zero attached hydrogens (tertiary/aromatic N) is 3. The van der Waals surface area contributed by atoms with Gasteiger partial charge in [0.2, 0.25) is 15.9 Å². The zero-order valence-electron chi connectivity index (χ0n) is 16.0. The summed E-state index contributed by atoms with van der Waals surface area (Å²) in [6.45, 7) is 4.65. The number of sulfonamides is 1. The van der Waals surface area contributed by atoms with Crippen LogP contribution < -0.4 is 5.32 Å². The molecule has 7 nitrogen and oxygen atoms in total. The summed E-state index contributed by atoms with van der Waals surface area (Å²) in [5.41, 5.74) is 0. The van der Waals surface area contributed by atoms with Crippen LogP contribution in [0.5, 0.6) is 0 Å². The fourth-order valence-electron chi connectivity index (χ4n) is 3.30. The highest BCUT2D eigenvalue weighted by atomic mass is 35.5. The number of halogens is 1. The number of hydrogen-bond acceptors (Lipinski definition) is 4. The summed E-state index contributed by atoms with van der Waals surface area (Å²) < 4.78 is 29.0. The van der Waals surface area contributed by atoms with Gasteiger partial charge in [0.15, 0.2) is 0 Å². The summed E-state index contributed by atoms with van der Waals surface area (Å²) in [6, 6.07) is 8.02. The van der Waals surface area contributed by atoms with Crippen LogP contribution in [0.1, 0.15) is 39.2 Å². The zero-order chi connectivity index (χ0) is 20.3. The summed E-state index contributed by atoms with van der Waals surface area (Å²) >= 11 is 5.86. The third-order valence-corrected chi connectivity index (χ3v) is 7.27. The molecule has 9 heteroatoms. The summed E-state index contributed by atoms with van der Waals surface area (Å²) in [6.07, 6.45) is 3.83. The molecule has 1 aromatic carbocycles. The van der Waals surface area contributed by atoms with Crippen LogP contribution in [-0.4, -0.2) is 41.5 Å². The lowest BCUT2D eigenvalue weighted by molar-refractivity contribution is -0.120. The van der Waals surface area contributed by atoms with Crippen molar-refractivity contribution in [3.63, 3.8) is 0 Å². The third-order valence-electron chi connectivity index (χ3n) is 5.14. The first kappa shape index (κ1) is 20.8. The largest absolute Gasteiger partial charge is 0.311 e. The Kier molecular flexibility index (Phi) is 6.42. The molecule has 28 heavy (non-hydrogen) atoms. The average Bonchev–Trinajstić information content (AvgIpc) is 3.16. The third kappa shape index (κ3) is 4.39. The van der Waals surface area contributed by atoms with Crippen molar-refractivity contribution in [2.24, 2.45) is 5.92 Å². The van der Waals surface area contributed by atoms with E-state index in [0.29, 0.717) is 30.2 Å². The van der Waals surface area contributed by atoms with Gasteiger partial charge < -0.3 is 5.32 Å². The minimum absolute atomic E-state index is 0.161. The summed E-state index contributed by atoms with van der Waals surface area (Å²) in [5, 5.41) is 7.67. The summed E-state index contributed by atoms with van der Waals surface area (Å²) in [5.74, 6) is 0.0502. The van der Waals surface area contributed by atoms with Crippen LogP contribution in [0.4, 0.5) is 5.82 Å². The number of piperidine rings is 1. The summed E-state index contributed by atoms with van der Waals surface area (Å²) in [4.78, 5) is 13.0. The molecule has 0 spiro atoms. The normalized spacial score (nSPS) is 19.3. The van der Waals surface area contributed by atoms with Crippen molar-refractivity contribution < 1.29 is 13.2 Å². The van der Waals surface area contributed by atoms with Gasteiger partial charge in [0.25, 0.3) is 0 Å². The second-order valence-corrected chi connectivity index (χ2v) is 9.44. The molecule has 2 aromatic rings. The smallest absolute Gasteiger partial charge is 0.243 e. The van der Waals surface area contributed by atoms with Crippen LogP contribution in [0.3, 0.4) is 0 Å². The van der Waals surface area contributed by atoms with E-state index in [4.69, 9.17) is 11.6 Å². The van der Waals surface area contributed by atoms with E-state index >= 15 is 0 Å². The van der Waals surface area contributed by atoms with Crippen molar-refractivity contribution in [1.82, 2.24) is 14.1 Å². The quantitative estimate of drug-likeness (QED) is 0.768. The lowest BCUT2D eigenvalue weighted by Crippen LogP contribution is -2.43. The molecule has 1 aliphatic rings. The first-order valence-corrected chi connectivity index (χ1v) is 11.2. The second-order valence-electron chi connectivity index (χ2n) is 7.06. The van der Waals surface area contributed by atoms with Crippen LogP contribution in [0, 0.1) is 5.92 Å². The number of carbonyl (C=O) groups excluding carboxylic acids is 1. The molecule has 0 saturated carbocycles. The van der Waals surface area contributed by atoms with Gasteiger partial charge in [-0.2, -0.15) is 9.40 Å². The molecule has 2 unspecified atom stereocenters. The van der Waals surface area contributed by atoms with E-state index in [2.05, 4.69) is 17.3 Å². The Hall–Kier alpha value is -1.90. The number of nitrogens with one attached hydrogen (secondary N) is 1. The van der Waals surface area contributed by atoms with Gasteiger partial charge in [0.1, 0.15) is 5.82 Å². The van der Waals surface area contributed by atoms with Crippen LogP contribution >= 0.6 is 11.6 Å². The first-order valence-electron chi connectivity index (χ1n) is 9.43. The van der Waals surface area contributed by atoms with Gasteiger partial charge in [-0.3, -0.25) is 4.79 Å². The van der Waals surface area contributed by atoms with Crippen molar-refractivity contribution in [1.29, 1.82) is 0 Å². The average molecular weight is 425 g/mol. The van der Waals surface area contributed by atoms with Crippen LogP contribution in [0.15, 0.2) is 41.4 Å². The summed E-state index contributed by atoms with van der Waals surface area (Å²) in [7, 11) is -3.66. The number of amides is 1. The van der Waals surface area contributed by atoms with E-state index in [-0.39, 0.29) is 23.4 Å². The minimum atomic E-state index is -3.66. The first-order chi connectivity index (χ1) is 13.3. The van der Waals surface area contributed by atoms with E-state index in [1.807, 2.05) is 6.92 Å². The predicted octanol–water partition coefficient (Wildman–Crippen LogP) is 3.55. The highest BCUT2D eigenvalue weighted by Crippen LogP contribution is 2.26. The molecule has 1 aliphatic heterocycles. The lowest BCUT2D eigenvalue weighted by atomic mass is 9.99. The van der Waals surface area contributed by atoms with Crippen LogP contribution in [0.25, 0.3) is 0 Å². The Balaban J connectivity index is 1.72. The number of aromatic nitrogens is 2. The molecule has 2 heterocycles. The van der Waals surface area contributed by atoms with Crippen LogP contribution in [-0.2, 0) is 14.8 Å². The number of benzene rings is 1. The molecule has 1 aromatic heterocycles. The molecule has 152 valence electrons. The van der Waals surface area contributed by atoms with E-state index in [9.17, 15) is 13.2 Å². The van der Waals surface area contributed by atoms with Crippen molar-refractivity contribution in [2.75, 3.05) is 18.4 Å². The number of rotatable bonds is 6. The number of anilines is 1. The molecule has 1 saturated heterocycles. The van der Waals surface area contributed by atoms with E-state index < -0.39 is 15.9 Å². The monoisotopic (exact) mass is 424 g/mol. The highest BCUT2D eigenvalue weighted by molar-refractivity contribution is 7.89. The maximum Gasteiger partial charge on any atom is 0.243 e. The maximum atomic E-state index is 12.9. The van der Waals surface area contributed by atoms with Crippen molar-refractivity contribution in [3.05, 3.63) is 41.6 Å². The topological polar surface area (TPSA) is 84.3 Å². The molecule has 0 aliphatic carbocycles. The predicted molar refractivity (Wildman–Crippen MR) is 109 cm³/mol. The molecular formula is C19H25ClN4O3S. The van der Waals surface area contributed by atoms with Gasteiger partial charge in [-0.15, -0.1) is 0 Å². The maximum absolute atomic E-state index is 12.9. The van der Waals surface area contributed by atoms with E-state index in [1.54, 1.807) is 29.1 Å². The van der Waals surface area contributed by atoms with E-state index in [1.165, 1.54) is 16.4 Å². The molecule has 1 fully saturated rings. The van der Waals surface area contributed by atoms with Crippen molar-refractivity contribution in [2.45, 2.75) is 44.0 Å². The second kappa shape index (κ2) is 8.63. The van der Waals surface area contributed by atoms with E-state index in [0.717, 1.165) is 6.42 Å². The van der Waals surface area contributed by atoms with Crippen molar-refractivity contribution >= 4 is 33.3 Å². The Morgan fingerprint density at radius 1 is 1.32 bits per heavy atom. The Morgan fingerprint density at radius 3 is 2.71 bits per heavy atom. The van der Waals surface area contributed by atoms with Gasteiger partial charge in [-0.25, -0.2) is 13.1 Å². The molecule has 2 atom stereocenters. The minimum Gasteiger partial charge on any atom is -0.311 e. The van der Waals surface area contributed by atoms with Gasteiger partial charge in [0, 0.05) is 24.2 Å². The molecule has 1 N–H and O–H groups in total. The standard InChI is InChI=1S/C19H25ClN4O3S/c1-3-14(2)24-18(10-11-21-24)22-19(25)15-5-4-12-23(13-15)28(26,27)17-8-6-16(20)7-9-17/h6-11,14-15H,3-5,12-13H2,1-2H3,(H,22,25). The Morgan fingerprint density at radius 2 is 2.04 bits per heavy atom. The number of carbonyl (C=O) groups is 1. The molecule has 0 radical (unpaired) electrons. The fraction of sp³-hybridized carbons (Fsp3) is 0.474. The van der Waals surface area contributed by atoms with Gasteiger partial charge >= 0.3 is 0 Å². The molecule has 0 bridgehead atoms. The number of hydrogen-bond donors (Lipinski definition) is 1. The van der Waals surface area contributed by atoms with Crippen LogP contribution in [0.2, 0.25) is 5.02 Å². The molecule has 3 rings (SSSR count). The Bertz CT molecular complexity index is 927. The van der Waals surface area contributed by atoms with Gasteiger partial charge in [-0.05, 0) is 50.5 Å². The SMILES string of the molecule is CCC(C)n1nccc1NC(=O)C1CCCN(S(=O)(=O)c2ccc(Cl)cc2)C1.